The van der Waals surface area contributed by atoms with E-state index in [0.29, 0.717) is 18.5 Å². The largest absolute Gasteiger partial charge is 0.379 e. The van der Waals surface area contributed by atoms with Gasteiger partial charge in [-0.05, 0) is 12.8 Å². The molecule has 1 heterocycles. The molecule has 2 atom stereocenters. The van der Waals surface area contributed by atoms with Gasteiger partial charge in [0.25, 0.3) is 0 Å². The third kappa shape index (κ3) is 5.52. The molecule has 1 rings (SSSR count). The van der Waals surface area contributed by atoms with Crippen molar-refractivity contribution in [1.29, 1.82) is 0 Å². The first-order chi connectivity index (χ1) is 8.02. The maximum atomic E-state index is 11.5. The van der Waals surface area contributed by atoms with E-state index in [1.807, 2.05) is 0 Å². The second kappa shape index (κ2) is 8.69. The van der Waals surface area contributed by atoms with Gasteiger partial charge in [-0.2, -0.15) is 0 Å². The first-order valence-electron chi connectivity index (χ1n) is 6.37. The van der Waals surface area contributed by atoms with Crippen molar-refractivity contribution in [3.63, 3.8) is 0 Å². The predicted octanol–water partition coefficient (Wildman–Crippen LogP) is 0.228. The van der Waals surface area contributed by atoms with E-state index < -0.39 is 6.04 Å². The van der Waals surface area contributed by atoms with Gasteiger partial charge in [-0.1, -0.05) is 13.8 Å². The average Bonchev–Trinajstić information content (AvgIpc) is 2.29. The van der Waals surface area contributed by atoms with E-state index in [4.69, 9.17) is 10.5 Å². The molecule has 0 bridgehead atoms. The highest BCUT2D eigenvalue weighted by Gasteiger charge is 2.24. The molecule has 108 valence electrons. The van der Waals surface area contributed by atoms with Crippen LogP contribution < -0.4 is 11.1 Å². The lowest BCUT2D eigenvalue weighted by Gasteiger charge is -2.37. The molecule has 1 fully saturated rings. The fourth-order valence-corrected chi connectivity index (χ4v) is 2.06. The summed E-state index contributed by atoms with van der Waals surface area (Å²) < 4.78 is 5.34. The molecule has 0 aliphatic carbocycles. The topological polar surface area (TPSA) is 67.6 Å². The van der Waals surface area contributed by atoms with Gasteiger partial charge in [0.1, 0.15) is 0 Å². The number of amides is 1. The van der Waals surface area contributed by atoms with Crippen molar-refractivity contribution in [1.82, 2.24) is 10.2 Å². The van der Waals surface area contributed by atoms with E-state index in [-0.39, 0.29) is 18.3 Å². The normalized spacial score (nSPS) is 20.1. The van der Waals surface area contributed by atoms with Crippen molar-refractivity contribution in [2.45, 2.75) is 32.9 Å². The lowest BCUT2D eigenvalue weighted by Crippen LogP contribution is -2.52. The monoisotopic (exact) mass is 279 g/mol. The van der Waals surface area contributed by atoms with Gasteiger partial charge in [-0.15, -0.1) is 12.4 Å². The number of halogens is 1. The molecule has 0 aromatic carbocycles. The molecule has 1 aliphatic heterocycles. The van der Waals surface area contributed by atoms with Crippen molar-refractivity contribution >= 4 is 18.3 Å². The Balaban J connectivity index is 0.00000289. The number of ether oxygens (including phenoxy) is 1. The van der Waals surface area contributed by atoms with Crippen LogP contribution in [0, 0.1) is 5.92 Å². The van der Waals surface area contributed by atoms with E-state index in [1.54, 1.807) is 6.92 Å². The quantitative estimate of drug-likeness (QED) is 0.756. The van der Waals surface area contributed by atoms with E-state index in [1.165, 1.54) is 0 Å². The second-order valence-electron chi connectivity index (χ2n) is 4.99. The molecule has 3 N–H and O–H groups in total. The van der Waals surface area contributed by atoms with Crippen LogP contribution in [-0.2, 0) is 9.53 Å². The third-order valence-corrected chi connectivity index (χ3v) is 3.18. The fourth-order valence-electron chi connectivity index (χ4n) is 2.06. The van der Waals surface area contributed by atoms with Gasteiger partial charge < -0.3 is 15.8 Å². The molecule has 5 nitrogen and oxygen atoms in total. The molecule has 0 spiro atoms. The summed E-state index contributed by atoms with van der Waals surface area (Å²) in [6.07, 6.45) is 0. The van der Waals surface area contributed by atoms with Crippen LogP contribution in [-0.4, -0.2) is 55.7 Å². The first-order valence-corrected chi connectivity index (χ1v) is 6.37. The Morgan fingerprint density at radius 2 is 1.89 bits per heavy atom. The molecular weight excluding hydrogens is 254 g/mol. The van der Waals surface area contributed by atoms with Gasteiger partial charge in [0.15, 0.2) is 0 Å². The fraction of sp³-hybridized carbons (Fsp3) is 0.917. The average molecular weight is 280 g/mol. The smallest absolute Gasteiger partial charge is 0.236 e. The summed E-state index contributed by atoms with van der Waals surface area (Å²) in [5, 5.41) is 2.91. The van der Waals surface area contributed by atoms with E-state index in [2.05, 4.69) is 24.1 Å². The van der Waals surface area contributed by atoms with Gasteiger partial charge in [-0.3, -0.25) is 9.69 Å². The number of rotatable bonds is 5. The highest BCUT2D eigenvalue weighted by atomic mass is 35.5. The van der Waals surface area contributed by atoms with Crippen LogP contribution >= 0.6 is 12.4 Å². The van der Waals surface area contributed by atoms with Crippen molar-refractivity contribution in [3.8, 4) is 0 Å². The number of hydrogen-bond acceptors (Lipinski definition) is 4. The SMILES string of the molecule is CC(N)C(=O)NCC(C(C)C)N1CCOCC1.Cl. The number of carbonyl (C=O) groups excluding carboxylic acids is 1. The summed E-state index contributed by atoms with van der Waals surface area (Å²) >= 11 is 0. The van der Waals surface area contributed by atoms with Gasteiger partial charge in [0.05, 0.1) is 19.3 Å². The zero-order valence-electron chi connectivity index (χ0n) is 11.5. The van der Waals surface area contributed by atoms with Gasteiger partial charge in [-0.25, -0.2) is 0 Å². The Hall–Kier alpha value is -0.360. The summed E-state index contributed by atoms with van der Waals surface area (Å²) in [5.41, 5.74) is 5.53. The van der Waals surface area contributed by atoms with Crippen LogP contribution in [0.2, 0.25) is 0 Å². The molecule has 0 aromatic heterocycles. The third-order valence-electron chi connectivity index (χ3n) is 3.18. The van der Waals surface area contributed by atoms with Crippen molar-refractivity contribution in [3.05, 3.63) is 0 Å². The second-order valence-corrected chi connectivity index (χ2v) is 4.99. The minimum Gasteiger partial charge on any atom is -0.379 e. The van der Waals surface area contributed by atoms with E-state index >= 15 is 0 Å². The predicted molar refractivity (Wildman–Crippen MR) is 74.9 cm³/mol. The molecule has 2 unspecified atom stereocenters. The summed E-state index contributed by atoms with van der Waals surface area (Å²) in [5.74, 6) is 0.422. The van der Waals surface area contributed by atoms with Crippen LogP contribution in [0.25, 0.3) is 0 Å². The number of morpholine rings is 1. The molecule has 0 radical (unpaired) electrons. The van der Waals surface area contributed by atoms with Crippen molar-refractivity contribution in [2.24, 2.45) is 11.7 Å². The number of nitrogens with two attached hydrogens (primary N) is 1. The summed E-state index contributed by atoms with van der Waals surface area (Å²) in [6.45, 7) is 10.2. The maximum absolute atomic E-state index is 11.5. The Bertz CT molecular complexity index is 243. The maximum Gasteiger partial charge on any atom is 0.236 e. The summed E-state index contributed by atoms with van der Waals surface area (Å²) in [4.78, 5) is 13.9. The summed E-state index contributed by atoms with van der Waals surface area (Å²) in [6, 6.07) is -0.0749. The molecule has 0 saturated carbocycles. The van der Waals surface area contributed by atoms with E-state index in [0.717, 1.165) is 26.3 Å². The molecule has 1 aliphatic rings. The minimum atomic E-state index is -0.437. The standard InChI is InChI=1S/C12H25N3O2.ClH/c1-9(2)11(8-14-12(16)10(3)13)15-4-6-17-7-5-15;/h9-11H,4-8,13H2,1-3H3,(H,14,16);1H. The van der Waals surface area contributed by atoms with Crippen LogP contribution in [0.3, 0.4) is 0 Å². The Labute approximate surface area is 116 Å². The van der Waals surface area contributed by atoms with Crippen LogP contribution in [0.5, 0.6) is 0 Å². The molecule has 6 heteroatoms. The van der Waals surface area contributed by atoms with Crippen LogP contribution in [0.1, 0.15) is 20.8 Å². The zero-order valence-corrected chi connectivity index (χ0v) is 12.3. The Morgan fingerprint density at radius 3 is 2.33 bits per heavy atom. The molecule has 1 saturated heterocycles. The number of carbonyl (C=O) groups is 1. The lowest BCUT2D eigenvalue weighted by molar-refractivity contribution is -0.122. The lowest BCUT2D eigenvalue weighted by atomic mass is 10.0. The number of hydrogen-bond donors (Lipinski definition) is 2. The van der Waals surface area contributed by atoms with Gasteiger partial charge in [0, 0.05) is 25.7 Å². The highest BCUT2D eigenvalue weighted by molar-refractivity contribution is 5.85. The minimum absolute atomic E-state index is 0. The number of nitrogens with zero attached hydrogens (tertiary/aromatic N) is 1. The first kappa shape index (κ1) is 17.6. The summed E-state index contributed by atoms with van der Waals surface area (Å²) in [7, 11) is 0. The zero-order chi connectivity index (χ0) is 12.8. The van der Waals surface area contributed by atoms with Crippen molar-refractivity contribution < 1.29 is 9.53 Å². The van der Waals surface area contributed by atoms with Crippen LogP contribution in [0.15, 0.2) is 0 Å². The van der Waals surface area contributed by atoms with Crippen LogP contribution in [0.4, 0.5) is 0 Å². The van der Waals surface area contributed by atoms with E-state index in [9.17, 15) is 4.79 Å². The highest BCUT2D eigenvalue weighted by Crippen LogP contribution is 2.12. The number of nitrogens with one attached hydrogen (secondary N) is 1. The van der Waals surface area contributed by atoms with Gasteiger partial charge in [0.2, 0.25) is 5.91 Å². The van der Waals surface area contributed by atoms with Crippen molar-refractivity contribution in [2.75, 3.05) is 32.8 Å². The Kier molecular flexibility index (Phi) is 8.52. The molecule has 0 aromatic rings. The molecule has 18 heavy (non-hydrogen) atoms. The van der Waals surface area contributed by atoms with Gasteiger partial charge >= 0.3 is 0 Å². The Morgan fingerprint density at radius 1 is 1.33 bits per heavy atom. The molecular formula is C12H26ClN3O2. The molecule has 1 amide bonds.